The molecule has 5 nitrogen and oxygen atoms in total. The highest BCUT2D eigenvalue weighted by Gasteiger charge is 2.18. The van der Waals surface area contributed by atoms with Crippen LogP contribution >= 0.6 is 11.8 Å². The van der Waals surface area contributed by atoms with Gasteiger partial charge in [0, 0.05) is 5.69 Å². The zero-order chi connectivity index (χ0) is 19.2. The fourth-order valence-corrected chi connectivity index (χ4v) is 3.30. The van der Waals surface area contributed by atoms with E-state index in [0.29, 0.717) is 11.0 Å². The Morgan fingerprint density at radius 2 is 1.78 bits per heavy atom. The van der Waals surface area contributed by atoms with Crippen molar-refractivity contribution in [2.24, 2.45) is 0 Å². The van der Waals surface area contributed by atoms with E-state index < -0.39 is 0 Å². The number of aryl methyl sites for hydroxylation is 2. The van der Waals surface area contributed by atoms with Gasteiger partial charge in [-0.2, -0.15) is 0 Å². The molecule has 27 heavy (non-hydrogen) atoms. The molecule has 0 radical (unpaired) electrons. The molecule has 0 aliphatic heterocycles. The Labute approximate surface area is 163 Å². The van der Waals surface area contributed by atoms with Crippen molar-refractivity contribution in [3.8, 4) is 0 Å². The van der Waals surface area contributed by atoms with Gasteiger partial charge in [-0.25, -0.2) is 4.98 Å². The first-order valence-corrected chi connectivity index (χ1v) is 9.60. The van der Waals surface area contributed by atoms with Crippen LogP contribution in [0.4, 0.5) is 5.69 Å². The molecule has 0 saturated heterocycles. The number of nitrogens with one attached hydrogen (secondary N) is 2. The van der Waals surface area contributed by atoms with Crippen molar-refractivity contribution in [3.63, 3.8) is 0 Å². The second-order valence-corrected chi connectivity index (χ2v) is 7.57. The van der Waals surface area contributed by atoms with Gasteiger partial charge in [-0.05, 0) is 43.5 Å². The summed E-state index contributed by atoms with van der Waals surface area (Å²) in [7, 11) is 0. The van der Waals surface area contributed by atoms with Gasteiger partial charge in [0.1, 0.15) is 5.82 Å². The van der Waals surface area contributed by atoms with Crippen molar-refractivity contribution in [2.45, 2.75) is 31.2 Å². The van der Waals surface area contributed by atoms with E-state index in [4.69, 9.17) is 0 Å². The van der Waals surface area contributed by atoms with Gasteiger partial charge in [0.2, 0.25) is 11.1 Å². The van der Waals surface area contributed by atoms with E-state index in [9.17, 15) is 4.79 Å². The Balaban J connectivity index is 1.61. The number of para-hydroxylation sites is 1. The van der Waals surface area contributed by atoms with Crippen molar-refractivity contribution in [1.82, 2.24) is 15.2 Å². The summed E-state index contributed by atoms with van der Waals surface area (Å²) in [6, 6.07) is 15.9. The number of anilines is 1. The van der Waals surface area contributed by atoms with Crippen molar-refractivity contribution < 1.29 is 4.79 Å². The minimum Gasteiger partial charge on any atom is -0.325 e. The lowest BCUT2D eigenvalue weighted by atomic mass is 10.1. The Bertz CT molecular complexity index is 930. The molecule has 138 valence electrons. The van der Waals surface area contributed by atoms with Gasteiger partial charge >= 0.3 is 0 Å². The minimum atomic E-state index is -0.314. The second kappa shape index (κ2) is 8.68. The van der Waals surface area contributed by atoms with Crippen LogP contribution in [0, 0.1) is 13.8 Å². The number of thioether (sulfide) groups is 1. The van der Waals surface area contributed by atoms with Crippen molar-refractivity contribution >= 4 is 35.5 Å². The predicted molar refractivity (Wildman–Crippen MR) is 112 cm³/mol. The van der Waals surface area contributed by atoms with Gasteiger partial charge in [0.15, 0.2) is 0 Å². The van der Waals surface area contributed by atoms with E-state index in [-0.39, 0.29) is 11.2 Å². The fourth-order valence-electron chi connectivity index (χ4n) is 2.57. The first-order valence-electron chi connectivity index (χ1n) is 8.72. The highest BCUT2D eigenvalue weighted by molar-refractivity contribution is 8.00. The lowest BCUT2D eigenvalue weighted by Crippen LogP contribution is -2.23. The third kappa shape index (κ3) is 5.08. The van der Waals surface area contributed by atoms with Gasteiger partial charge < -0.3 is 5.32 Å². The zero-order valence-electron chi connectivity index (χ0n) is 15.6. The fraction of sp³-hybridized carbons (Fsp3) is 0.190. The SMILES string of the molecule is Cc1cccc(C)c1NC(=O)C(C)Sc1n[nH]c(/C=C/c2ccccc2)n1. The molecule has 1 aromatic heterocycles. The molecule has 3 aromatic rings. The average Bonchev–Trinajstić information content (AvgIpc) is 3.11. The Hall–Kier alpha value is -2.86. The maximum atomic E-state index is 12.5. The Morgan fingerprint density at radius 1 is 1.07 bits per heavy atom. The summed E-state index contributed by atoms with van der Waals surface area (Å²) in [5.41, 5.74) is 4.06. The average molecular weight is 379 g/mol. The first kappa shape index (κ1) is 18.9. The van der Waals surface area contributed by atoms with Crippen LogP contribution in [0.3, 0.4) is 0 Å². The van der Waals surface area contributed by atoms with E-state index in [2.05, 4.69) is 20.5 Å². The van der Waals surface area contributed by atoms with Gasteiger partial charge in [-0.1, -0.05) is 66.4 Å². The molecular weight excluding hydrogens is 356 g/mol. The van der Waals surface area contributed by atoms with Gasteiger partial charge in [-0.15, -0.1) is 5.10 Å². The number of carbonyl (C=O) groups is 1. The monoisotopic (exact) mass is 378 g/mol. The summed E-state index contributed by atoms with van der Waals surface area (Å²) < 4.78 is 0. The maximum Gasteiger partial charge on any atom is 0.237 e. The summed E-state index contributed by atoms with van der Waals surface area (Å²) in [5, 5.41) is 10.3. The molecule has 1 heterocycles. The first-order chi connectivity index (χ1) is 13.0. The Morgan fingerprint density at radius 3 is 2.48 bits per heavy atom. The smallest absolute Gasteiger partial charge is 0.237 e. The number of hydrogen-bond acceptors (Lipinski definition) is 4. The van der Waals surface area contributed by atoms with Crippen LogP contribution in [0.15, 0.2) is 53.7 Å². The van der Waals surface area contributed by atoms with Crippen LogP contribution in [0.1, 0.15) is 29.4 Å². The molecule has 6 heteroatoms. The molecule has 1 amide bonds. The van der Waals surface area contributed by atoms with E-state index >= 15 is 0 Å². The van der Waals surface area contributed by atoms with Crippen LogP contribution in [0.2, 0.25) is 0 Å². The standard InChI is InChI=1S/C21H22N4OS/c1-14-8-7-9-15(2)19(14)23-20(26)16(3)27-21-22-18(24-25-21)13-12-17-10-5-4-6-11-17/h4-13,16H,1-3H3,(H,23,26)(H,22,24,25)/b13-12+. The molecule has 0 aliphatic rings. The number of H-pyrrole nitrogens is 1. The van der Waals surface area contributed by atoms with Crippen molar-refractivity contribution in [2.75, 3.05) is 5.32 Å². The highest BCUT2D eigenvalue weighted by Crippen LogP contribution is 2.24. The van der Waals surface area contributed by atoms with Crippen LogP contribution in [-0.2, 0) is 4.79 Å². The van der Waals surface area contributed by atoms with Crippen LogP contribution in [0.5, 0.6) is 0 Å². The van der Waals surface area contributed by atoms with Crippen LogP contribution in [0.25, 0.3) is 12.2 Å². The summed E-state index contributed by atoms with van der Waals surface area (Å²) in [6.45, 7) is 5.82. The molecule has 1 atom stereocenters. The maximum absolute atomic E-state index is 12.5. The third-order valence-corrected chi connectivity index (χ3v) is 5.06. The molecule has 1 unspecified atom stereocenters. The molecule has 0 aliphatic carbocycles. The lowest BCUT2D eigenvalue weighted by Gasteiger charge is -2.14. The normalized spacial score (nSPS) is 12.3. The quantitative estimate of drug-likeness (QED) is 0.609. The molecule has 3 rings (SSSR count). The van der Waals surface area contributed by atoms with E-state index in [0.717, 1.165) is 22.4 Å². The number of hydrogen-bond donors (Lipinski definition) is 2. The number of amides is 1. The van der Waals surface area contributed by atoms with Gasteiger partial charge in [0.25, 0.3) is 0 Å². The third-order valence-electron chi connectivity index (χ3n) is 4.10. The van der Waals surface area contributed by atoms with Crippen LogP contribution < -0.4 is 5.32 Å². The summed E-state index contributed by atoms with van der Waals surface area (Å²) in [5.74, 6) is 0.590. The molecule has 0 saturated carbocycles. The minimum absolute atomic E-state index is 0.0661. The largest absolute Gasteiger partial charge is 0.325 e. The summed E-state index contributed by atoms with van der Waals surface area (Å²) in [4.78, 5) is 16.9. The van der Waals surface area contributed by atoms with Gasteiger partial charge in [0.05, 0.1) is 5.25 Å². The van der Waals surface area contributed by atoms with E-state index in [1.54, 1.807) is 0 Å². The molecule has 0 bridgehead atoms. The number of aromatic amines is 1. The molecule has 2 aromatic carbocycles. The number of aromatic nitrogens is 3. The zero-order valence-corrected chi connectivity index (χ0v) is 16.4. The molecule has 0 spiro atoms. The number of rotatable bonds is 6. The lowest BCUT2D eigenvalue weighted by molar-refractivity contribution is -0.115. The van der Waals surface area contributed by atoms with Crippen LogP contribution in [-0.4, -0.2) is 26.3 Å². The van der Waals surface area contributed by atoms with Crippen molar-refractivity contribution in [3.05, 3.63) is 71.0 Å². The molecule has 0 fully saturated rings. The summed E-state index contributed by atoms with van der Waals surface area (Å²) in [6.07, 6.45) is 3.83. The number of nitrogens with zero attached hydrogens (tertiary/aromatic N) is 2. The van der Waals surface area contributed by atoms with Gasteiger partial charge in [-0.3, -0.25) is 9.89 Å². The summed E-state index contributed by atoms with van der Waals surface area (Å²) >= 11 is 1.33. The Kier molecular flexibility index (Phi) is 6.08. The van der Waals surface area contributed by atoms with Crippen molar-refractivity contribution in [1.29, 1.82) is 0 Å². The highest BCUT2D eigenvalue weighted by atomic mass is 32.2. The topological polar surface area (TPSA) is 70.7 Å². The predicted octanol–water partition coefficient (Wildman–Crippen LogP) is 4.71. The number of carbonyl (C=O) groups excluding carboxylic acids is 1. The second-order valence-electron chi connectivity index (χ2n) is 6.26. The molecule has 2 N–H and O–H groups in total. The number of benzene rings is 2. The molecular formula is C21H22N4OS. The van der Waals surface area contributed by atoms with E-state index in [1.165, 1.54) is 11.8 Å². The van der Waals surface area contributed by atoms with E-state index in [1.807, 2.05) is 81.5 Å².